The largest absolute Gasteiger partial charge is 0.264 e. The average molecular weight is 197 g/mol. The van der Waals surface area contributed by atoms with Crippen molar-refractivity contribution in [3.05, 3.63) is 10.1 Å². The van der Waals surface area contributed by atoms with E-state index in [0.717, 1.165) is 18.3 Å². The third kappa shape index (κ3) is 1.77. The highest BCUT2D eigenvalue weighted by atomic mass is 16.6. The van der Waals surface area contributed by atoms with E-state index in [1.807, 2.05) is 6.92 Å². The highest BCUT2D eigenvalue weighted by molar-refractivity contribution is 4.90. The van der Waals surface area contributed by atoms with E-state index in [0.29, 0.717) is 12.3 Å². The molecule has 2 saturated carbocycles. The summed E-state index contributed by atoms with van der Waals surface area (Å²) in [5.74, 6) is 2.41. The van der Waals surface area contributed by atoms with E-state index < -0.39 is 0 Å². The molecule has 0 saturated heterocycles. The Bertz CT molecular complexity index is 229. The van der Waals surface area contributed by atoms with E-state index in [1.165, 1.54) is 25.7 Å². The van der Waals surface area contributed by atoms with Gasteiger partial charge in [0.15, 0.2) is 0 Å². The van der Waals surface area contributed by atoms with Crippen LogP contribution in [0, 0.1) is 27.9 Å². The molecule has 0 heterocycles. The molecule has 2 aliphatic carbocycles. The summed E-state index contributed by atoms with van der Waals surface area (Å²) in [7, 11) is 0. The minimum absolute atomic E-state index is 0.0774. The van der Waals surface area contributed by atoms with Crippen LogP contribution < -0.4 is 0 Å². The predicted molar refractivity (Wildman–Crippen MR) is 54.6 cm³/mol. The molecule has 3 heteroatoms. The smallest absolute Gasteiger partial charge is 0.213 e. The fourth-order valence-corrected chi connectivity index (χ4v) is 3.42. The zero-order valence-corrected chi connectivity index (χ0v) is 8.82. The topological polar surface area (TPSA) is 43.1 Å². The Kier molecular flexibility index (Phi) is 2.75. The van der Waals surface area contributed by atoms with Crippen LogP contribution in [-0.2, 0) is 0 Å². The molecule has 0 aromatic carbocycles. The van der Waals surface area contributed by atoms with Crippen molar-refractivity contribution in [3.63, 3.8) is 0 Å². The van der Waals surface area contributed by atoms with Gasteiger partial charge in [-0.25, -0.2) is 0 Å². The van der Waals surface area contributed by atoms with Gasteiger partial charge in [-0.15, -0.1) is 0 Å². The summed E-state index contributed by atoms with van der Waals surface area (Å²) >= 11 is 0. The quantitative estimate of drug-likeness (QED) is 0.513. The Labute approximate surface area is 85.0 Å². The first-order chi connectivity index (χ1) is 6.70. The minimum Gasteiger partial charge on any atom is -0.264 e. The van der Waals surface area contributed by atoms with Crippen molar-refractivity contribution in [1.29, 1.82) is 0 Å². The van der Waals surface area contributed by atoms with Gasteiger partial charge in [-0.2, -0.15) is 0 Å². The van der Waals surface area contributed by atoms with Crippen LogP contribution in [0.25, 0.3) is 0 Å². The van der Waals surface area contributed by atoms with Crippen LogP contribution in [-0.4, -0.2) is 11.0 Å². The summed E-state index contributed by atoms with van der Waals surface area (Å²) in [6, 6.07) is -0.278. The molecule has 0 spiro atoms. The lowest BCUT2D eigenvalue weighted by Gasteiger charge is -2.22. The fourth-order valence-electron chi connectivity index (χ4n) is 3.42. The van der Waals surface area contributed by atoms with Crippen LogP contribution >= 0.6 is 0 Å². The van der Waals surface area contributed by atoms with Gasteiger partial charge in [0, 0.05) is 17.8 Å². The first-order valence-corrected chi connectivity index (χ1v) is 5.84. The lowest BCUT2D eigenvalue weighted by atomic mass is 9.84. The second-order valence-corrected chi connectivity index (χ2v) is 5.02. The number of nitrogens with zero attached hydrogens (tertiary/aromatic N) is 1. The normalized spacial score (nSPS) is 37.4. The van der Waals surface area contributed by atoms with Crippen molar-refractivity contribution in [2.24, 2.45) is 17.8 Å². The van der Waals surface area contributed by atoms with Crippen LogP contribution in [0.1, 0.15) is 45.4 Å². The summed E-state index contributed by atoms with van der Waals surface area (Å²) in [5, 5.41) is 10.7. The van der Waals surface area contributed by atoms with Crippen molar-refractivity contribution in [1.82, 2.24) is 0 Å². The first kappa shape index (κ1) is 9.94. The van der Waals surface area contributed by atoms with Crippen LogP contribution in [0.2, 0.25) is 0 Å². The molecule has 0 aromatic rings. The van der Waals surface area contributed by atoms with E-state index in [-0.39, 0.29) is 11.0 Å². The molecule has 2 rings (SSSR count). The van der Waals surface area contributed by atoms with Gasteiger partial charge >= 0.3 is 0 Å². The Morgan fingerprint density at radius 3 is 2.64 bits per heavy atom. The molecule has 0 aromatic heterocycles. The second kappa shape index (κ2) is 3.87. The number of rotatable bonds is 4. The monoisotopic (exact) mass is 197 g/mol. The van der Waals surface area contributed by atoms with Crippen LogP contribution in [0.5, 0.6) is 0 Å². The summed E-state index contributed by atoms with van der Waals surface area (Å²) in [4.78, 5) is 10.7. The number of hydrogen-bond acceptors (Lipinski definition) is 2. The van der Waals surface area contributed by atoms with E-state index in [9.17, 15) is 10.1 Å². The van der Waals surface area contributed by atoms with Gasteiger partial charge in [0.05, 0.1) is 0 Å². The Balaban J connectivity index is 1.88. The summed E-state index contributed by atoms with van der Waals surface area (Å²) < 4.78 is 0. The molecule has 14 heavy (non-hydrogen) atoms. The Hall–Kier alpha value is -0.600. The second-order valence-electron chi connectivity index (χ2n) is 5.02. The number of fused-ring (bicyclic) bond motifs is 2. The molecule has 0 radical (unpaired) electrons. The molecule has 2 fully saturated rings. The standard InChI is InChI=1S/C11H19NO2/c1-2-11(12(13)14)7-10-6-8-3-4-9(10)5-8/h8-11H,2-7H2,1H3. The van der Waals surface area contributed by atoms with Crippen molar-refractivity contribution in [2.75, 3.05) is 0 Å². The molecule has 80 valence electrons. The molecule has 2 aliphatic rings. The molecule has 2 bridgehead atoms. The van der Waals surface area contributed by atoms with E-state index >= 15 is 0 Å². The van der Waals surface area contributed by atoms with Gasteiger partial charge < -0.3 is 0 Å². The van der Waals surface area contributed by atoms with E-state index in [1.54, 1.807) is 0 Å². The van der Waals surface area contributed by atoms with Gasteiger partial charge in [0.2, 0.25) is 6.04 Å². The lowest BCUT2D eigenvalue weighted by molar-refractivity contribution is -0.525. The lowest BCUT2D eigenvalue weighted by Crippen LogP contribution is -2.24. The van der Waals surface area contributed by atoms with Gasteiger partial charge in [0.1, 0.15) is 0 Å². The maximum atomic E-state index is 10.7. The highest BCUT2D eigenvalue weighted by Crippen LogP contribution is 2.50. The van der Waals surface area contributed by atoms with Crippen molar-refractivity contribution in [3.8, 4) is 0 Å². The summed E-state index contributed by atoms with van der Waals surface area (Å²) in [6.07, 6.45) is 6.89. The van der Waals surface area contributed by atoms with Crippen LogP contribution in [0.15, 0.2) is 0 Å². The van der Waals surface area contributed by atoms with Crippen LogP contribution in [0.3, 0.4) is 0 Å². The van der Waals surface area contributed by atoms with Gasteiger partial charge in [-0.3, -0.25) is 10.1 Å². The average Bonchev–Trinajstić information content (AvgIpc) is 2.74. The molecule has 0 aliphatic heterocycles. The fraction of sp³-hybridized carbons (Fsp3) is 1.00. The van der Waals surface area contributed by atoms with E-state index in [4.69, 9.17) is 0 Å². The third-order valence-corrected chi connectivity index (χ3v) is 4.23. The highest BCUT2D eigenvalue weighted by Gasteiger charge is 2.41. The Morgan fingerprint density at radius 1 is 1.43 bits per heavy atom. The summed E-state index contributed by atoms with van der Waals surface area (Å²) in [5.41, 5.74) is 0. The molecule has 3 nitrogen and oxygen atoms in total. The number of hydrogen-bond donors (Lipinski definition) is 0. The van der Waals surface area contributed by atoms with E-state index in [2.05, 4.69) is 0 Å². The van der Waals surface area contributed by atoms with Gasteiger partial charge in [-0.1, -0.05) is 13.3 Å². The summed E-state index contributed by atoms with van der Waals surface area (Å²) in [6.45, 7) is 1.93. The molecule has 0 N–H and O–H groups in total. The minimum atomic E-state index is -0.278. The maximum Gasteiger partial charge on any atom is 0.213 e. The van der Waals surface area contributed by atoms with Gasteiger partial charge in [-0.05, 0) is 37.0 Å². The molecule has 4 unspecified atom stereocenters. The van der Waals surface area contributed by atoms with Crippen molar-refractivity contribution in [2.45, 2.75) is 51.5 Å². The van der Waals surface area contributed by atoms with Crippen molar-refractivity contribution >= 4 is 0 Å². The molecular weight excluding hydrogens is 178 g/mol. The number of nitro groups is 1. The van der Waals surface area contributed by atoms with Crippen LogP contribution in [0.4, 0.5) is 0 Å². The zero-order valence-electron chi connectivity index (χ0n) is 8.82. The van der Waals surface area contributed by atoms with Gasteiger partial charge in [0.25, 0.3) is 0 Å². The first-order valence-electron chi connectivity index (χ1n) is 5.84. The van der Waals surface area contributed by atoms with Crippen molar-refractivity contribution < 1.29 is 4.92 Å². The molecular formula is C11H19NO2. The third-order valence-electron chi connectivity index (χ3n) is 4.23. The zero-order chi connectivity index (χ0) is 10.1. The maximum absolute atomic E-state index is 10.7. The predicted octanol–water partition coefficient (Wildman–Crippen LogP) is 2.87. The molecule has 4 atom stereocenters. The Morgan fingerprint density at radius 2 is 2.21 bits per heavy atom. The SMILES string of the molecule is CCC(CC1CC2CCC1C2)[N+](=O)[O-]. The molecule has 0 amide bonds.